The second-order valence-corrected chi connectivity index (χ2v) is 9.30. The molecule has 2 heterocycles. The highest BCUT2D eigenvalue weighted by atomic mass is 35.5. The average molecular weight is 493 g/mol. The number of nitrogens with one attached hydrogen (secondary N) is 1. The first-order valence-corrected chi connectivity index (χ1v) is 11.9. The van der Waals surface area contributed by atoms with Crippen LogP contribution >= 0.6 is 11.6 Å². The number of benzene rings is 2. The van der Waals surface area contributed by atoms with Gasteiger partial charge in [-0.05, 0) is 23.8 Å². The zero-order chi connectivity index (χ0) is 23.6. The molecule has 10 nitrogen and oxygen atoms in total. The number of hydrogen-bond acceptors (Lipinski definition) is 8. The quantitative estimate of drug-likeness (QED) is 0.509. The maximum absolute atomic E-state index is 12.9. The zero-order valence-electron chi connectivity index (χ0n) is 17.9. The lowest BCUT2D eigenvalue weighted by Gasteiger charge is -2.29. The third-order valence-corrected chi connectivity index (χ3v) is 6.82. The topological polar surface area (TPSA) is 124 Å². The van der Waals surface area contributed by atoms with Gasteiger partial charge in [-0.2, -0.15) is 4.98 Å². The Morgan fingerprint density at radius 1 is 1.27 bits per heavy atom. The Balaban J connectivity index is 1.59. The summed E-state index contributed by atoms with van der Waals surface area (Å²) >= 11 is 6.34. The second kappa shape index (κ2) is 9.38. The van der Waals surface area contributed by atoms with Crippen LogP contribution in [0.3, 0.4) is 0 Å². The molecule has 12 heteroatoms. The molecule has 0 atom stereocenters. The Morgan fingerprint density at radius 3 is 2.82 bits per heavy atom. The van der Waals surface area contributed by atoms with E-state index in [1.807, 2.05) is 6.92 Å². The zero-order valence-corrected chi connectivity index (χ0v) is 19.4. The summed E-state index contributed by atoms with van der Waals surface area (Å²) in [4.78, 5) is 17.9. The van der Waals surface area contributed by atoms with E-state index in [0.717, 1.165) is 0 Å². The van der Waals surface area contributed by atoms with Crippen LogP contribution in [0.15, 0.2) is 45.8 Å². The summed E-state index contributed by atoms with van der Waals surface area (Å²) in [7, 11) is -2.44. The standard InChI is InChI=1S/C21H21ClN4O6S/c1-3-20-24-19(25-32-20)11-26-16-8-15(22)18(9-17(16)31-12-21(26)27)33(28,29)23-10-13-5-4-6-14(7-13)30-2/h4-9,23H,3,10-12H2,1-2H3. The first-order chi connectivity index (χ1) is 15.8. The number of fused-ring (bicyclic) bond motifs is 1. The van der Waals surface area contributed by atoms with E-state index in [0.29, 0.717) is 35.1 Å². The van der Waals surface area contributed by atoms with Crippen molar-refractivity contribution in [3.8, 4) is 11.5 Å². The molecule has 3 aromatic rings. The van der Waals surface area contributed by atoms with Gasteiger partial charge in [0.1, 0.15) is 16.4 Å². The largest absolute Gasteiger partial charge is 0.497 e. The number of hydrogen-bond donors (Lipinski definition) is 1. The van der Waals surface area contributed by atoms with E-state index in [1.165, 1.54) is 24.1 Å². The van der Waals surface area contributed by atoms with Crippen LogP contribution in [0.25, 0.3) is 0 Å². The summed E-state index contributed by atoms with van der Waals surface area (Å²) < 4.78 is 44.2. The Labute approximate surface area is 195 Å². The summed E-state index contributed by atoms with van der Waals surface area (Å²) in [5.41, 5.74) is 1.04. The highest BCUT2D eigenvalue weighted by Gasteiger charge is 2.30. The lowest BCUT2D eigenvalue weighted by molar-refractivity contribution is -0.121. The van der Waals surface area contributed by atoms with Crippen molar-refractivity contribution in [3.05, 3.63) is 58.7 Å². The molecule has 0 bridgehead atoms. The molecule has 174 valence electrons. The minimum atomic E-state index is -3.98. The molecule has 0 saturated heterocycles. The number of amides is 1. The molecule has 0 radical (unpaired) electrons. The van der Waals surface area contributed by atoms with Crippen LogP contribution in [0.2, 0.25) is 5.02 Å². The molecule has 0 fully saturated rings. The maximum Gasteiger partial charge on any atom is 0.265 e. The number of carbonyl (C=O) groups excluding carboxylic acids is 1. The van der Waals surface area contributed by atoms with Crippen LogP contribution in [0.5, 0.6) is 11.5 Å². The van der Waals surface area contributed by atoms with Crippen LogP contribution in [-0.2, 0) is 34.3 Å². The van der Waals surface area contributed by atoms with Gasteiger partial charge < -0.3 is 14.0 Å². The molecule has 0 spiro atoms. The van der Waals surface area contributed by atoms with Gasteiger partial charge in [0.15, 0.2) is 12.4 Å². The number of ether oxygens (including phenoxy) is 2. The summed E-state index contributed by atoms with van der Waals surface area (Å²) in [5.74, 6) is 1.26. The van der Waals surface area contributed by atoms with Gasteiger partial charge in [-0.15, -0.1) is 0 Å². The number of aromatic nitrogens is 2. The predicted molar refractivity (Wildman–Crippen MR) is 119 cm³/mol. The first-order valence-electron chi connectivity index (χ1n) is 10.0. The number of nitrogens with zero attached hydrogens (tertiary/aromatic N) is 3. The Hall–Kier alpha value is -3.15. The lowest BCUT2D eigenvalue weighted by Crippen LogP contribution is -2.38. The Kier molecular flexibility index (Phi) is 6.54. The van der Waals surface area contributed by atoms with Crippen molar-refractivity contribution in [1.82, 2.24) is 14.9 Å². The van der Waals surface area contributed by atoms with E-state index in [-0.39, 0.29) is 41.3 Å². The number of carbonyl (C=O) groups is 1. The number of aryl methyl sites for hydroxylation is 1. The molecular formula is C21H21ClN4O6S. The molecule has 0 saturated carbocycles. The van der Waals surface area contributed by atoms with Crippen LogP contribution in [-0.4, -0.2) is 38.2 Å². The fourth-order valence-corrected chi connectivity index (χ4v) is 4.81. The molecule has 1 aliphatic heterocycles. The fourth-order valence-electron chi connectivity index (χ4n) is 3.26. The fraction of sp³-hybridized carbons (Fsp3) is 0.286. The summed E-state index contributed by atoms with van der Waals surface area (Å²) in [6.45, 7) is 1.69. The van der Waals surface area contributed by atoms with Crippen molar-refractivity contribution in [2.45, 2.75) is 31.3 Å². The first kappa shape index (κ1) is 23.0. The third kappa shape index (κ3) is 4.95. The van der Waals surface area contributed by atoms with Gasteiger partial charge in [0.25, 0.3) is 5.91 Å². The van der Waals surface area contributed by atoms with Gasteiger partial charge in [0.2, 0.25) is 15.9 Å². The predicted octanol–water partition coefficient (Wildman–Crippen LogP) is 2.70. The molecular weight excluding hydrogens is 472 g/mol. The van der Waals surface area contributed by atoms with Crippen molar-refractivity contribution in [2.24, 2.45) is 0 Å². The van der Waals surface area contributed by atoms with Gasteiger partial charge in [-0.3, -0.25) is 9.69 Å². The lowest BCUT2D eigenvalue weighted by atomic mass is 10.2. The number of anilines is 1. The third-order valence-electron chi connectivity index (χ3n) is 4.96. The molecule has 4 rings (SSSR count). The Morgan fingerprint density at radius 2 is 2.09 bits per heavy atom. The monoisotopic (exact) mass is 492 g/mol. The number of rotatable bonds is 8. The molecule has 1 N–H and O–H groups in total. The molecule has 1 amide bonds. The average Bonchev–Trinajstić information content (AvgIpc) is 3.27. The van der Waals surface area contributed by atoms with Gasteiger partial charge in [-0.1, -0.05) is 35.8 Å². The second-order valence-electron chi connectivity index (χ2n) is 7.15. The van der Waals surface area contributed by atoms with Crippen molar-refractivity contribution in [3.63, 3.8) is 0 Å². The van der Waals surface area contributed by atoms with E-state index < -0.39 is 10.0 Å². The van der Waals surface area contributed by atoms with Gasteiger partial charge in [0, 0.05) is 19.0 Å². The van der Waals surface area contributed by atoms with Crippen LogP contribution < -0.4 is 19.1 Å². The van der Waals surface area contributed by atoms with Gasteiger partial charge in [-0.25, -0.2) is 13.1 Å². The highest BCUT2D eigenvalue weighted by Crippen LogP contribution is 2.39. The summed E-state index contributed by atoms with van der Waals surface area (Å²) in [6, 6.07) is 9.72. The van der Waals surface area contributed by atoms with E-state index in [9.17, 15) is 13.2 Å². The van der Waals surface area contributed by atoms with Crippen LogP contribution in [0.4, 0.5) is 5.69 Å². The van der Waals surface area contributed by atoms with Crippen LogP contribution in [0, 0.1) is 0 Å². The molecule has 1 aliphatic rings. The molecule has 33 heavy (non-hydrogen) atoms. The normalized spacial score (nSPS) is 13.5. The number of sulfonamides is 1. The molecule has 1 aromatic heterocycles. The van der Waals surface area contributed by atoms with E-state index in [1.54, 1.807) is 24.3 Å². The maximum atomic E-state index is 12.9. The number of halogens is 1. The molecule has 0 unspecified atom stereocenters. The molecule has 2 aromatic carbocycles. The highest BCUT2D eigenvalue weighted by molar-refractivity contribution is 7.89. The Bertz CT molecular complexity index is 1290. The van der Waals surface area contributed by atoms with E-state index >= 15 is 0 Å². The summed E-state index contributed by atoms with van der Waals surface area (Å²) in [5, 5.41) is 3.81. The van der Waals surface area contributed by atoms with Crippen molar-refractivity contribution in [1.29, 1.82) is 0 Å². The van der Waals surface area contributed by atoms with Crippen molar-refractivity contribution >= 4 is 33.2 Å². The smallest absolute Gasteiger partial charge is 0.265 e. The van der Waals surface area contributed by atoms with E-state index in [4.69, 9.17) is 25.6 Å². The van der Waals surface area contributed by atoms with Crippen molar-refractivity contribution < 1.29 is 27.2 Å². The minimum absolute atomic E-state index is 0.0369. The summed E-state index contributed by atoms with van der Waals surface area (Å²) in [6.07, 6.45) is 0.566. The van der Waals surface area contributed by atoms with E-state index in [2.05, 4.69) is 14.9 Å². The van der Waals surface area contributed by atoms with Gasteiger partial charge in [0.05, 0.1) is 24.4 Å². The minimum Gasteiger partial charge on any atom is -0.497 e. The van der Waals surface area contributed by atoms with Crippen molar-refractivity contribution in [2.75, 3.05) is 18.6 Å². The van der Waals surface area contributed by atoms with Gasteiger partial charge >= 0.3 is 0 Å². The number of methoxy groups -OCH3 is 1. The SMILES string of the molecule is CCc1nc(CN2C(=O)COc3cc(S(=O)(=O)NCc4cccc(OC)c4)c(Cl)cc32)no1. The molecule has 0 aliphatic carbocycles. The van der Waals surface area contributed by atoms with Crippen LogP contribution in [0.1, 0.15) is 24.2 Å².